The highest BCUT2D eigenvalue weighted by Gasteiger charge is 2.28. The molecular formula is C23H24FN5O2. The molecule has 8 heteroatoms. The number of allylic oxidation sites excluding steroid dienone is 1. The number of nitrogens with two attached hydrogens (primary N) is 1. The lowest BCUT2D eigenvalue weighted by molar-refractivity contribution is -0.138. The van der Waals surface area contributed by atoms with Crippen LogP contribution < -0.4 is 5.73 Å². The molecule has 0 saturated carbocycles. The Labute approximate surface area is 180 Å². The molecular weight excluding hydrogens is 397 g/mol. The molecule has 0 spiro atoms. The number of amidine groups is 2. The molecule has 2 N–H and O–H groups in total. The number of hydrogen-bond donors (Lipinski definition) is 1. The van der Waals surface area contributed by atoms with Crippen molar-refractivity contribution in [1.29, 1.82) is 0 Å². The number of halogens is 1. The lowest BCUT2D eigenvalue weighted by Crippen LogP contribution is -2.24. The summed E-state index contributed by atoms with van der Waals surface area (Å²) in [6, 6.07) is 6.69. The Hall–Kier alpha value is -3.68. The Morgan fingerprint density at radius 3 is 2.81 bits per heavy atom. The van der Waals surface area contributed by atoms with Crippen LogP contribution in [0.4, 0.5) is 10.1 Å². The van der Waals surface area contributed by atoms with Crippen molar-refractivity contribution >= 4 is 23.3 Å². The first-order valence-corrected chi connectivity index (χ1v) is 10.1. The van der Waals surface area contributed by atoms with Crippen molar-refractivity contribution in [2.24, 2.45) is 21.6 Å². The average Bonchev–Trinajstić information content (AvgIpc) is 2.80. The molecule has 0 aromatic carbocycles. The third kappa shape index (κ3) is 5.28. The smallest absolute Gasteiger partial charge is 0.338 e. The highest BCUT2D eigenvalue weighted by atomic mass is 19.1. The Balaban J connectivity index is 2.24. The van der Waals surface area contributed by atoms with Gasteiger partial charge >= 0.3 is 5.97 Å². The van der Waals surface area contributed by atoms with Crippen LogP contribution in [0.5, 0.6) is 0 Å². The highest BCUT2D eigenvalue weighted by molar-refractivity contribution is 6.14. The summed E-state index contributed by atoms with van der Waals surface area (Å²) in [7, 11) is 0. The van der Waals surface area contributed by atoms with Gasteiger partial charge in [0.15, 0.2) is 17.5 Å². The highest BCUT2D eigenvalue weighted by Crippen LogP contribution is 2.32. The fraction of sp³-hybridized carbons (Fsp3) is 0.261. The summed E-state index contributed by atoms with van der Waals surface area (Å²) in [4.78, 5) is 29.6. The van der Waals surface area contributed by atoms with E-state index in [1.54, 1.807) is 37.4 Å². The number of ether oxygens (including phenoxy) is 1. The lowest BCUT2D eigenvalue weighted by Gasteiger charge is -2.23. The van der Waals surface area contributed by atoms with Crippen molar-refractivity contribution in [2.45, 2.75) is 26.7 Å². The van der Waals surface area contributed by atoms with E-state index in [0.29, 0.717) is 23.3 Å². The van der Waals surface area contributed by atoms with Gasteiger partial charge in [-0.15, -0.1) is 0 Å². The fourth-order valence-corrected chi connectivity index (χ4v) is 3.24. The minimum Gasteiger partial charge on any atom is -0.462 e. The predicted molar refractivity (Wildman–Crippen MR) is 117 cm³/mol. The zero-order chi connectivity index (χ0) is 22.2. The van der Waals surface area contributed by atoms with E-state index >= 15 is 0 Å². The molecule has 1 aliphatic carbocycles. The normalized spacial score (nSPS) is 17.1. The van der Waals surface area contributed by atoms with E-state index in [1.807, 2.05) is 13.0 Å². The number of aliphatic imine (C=N–C) groups is 2. The summed E-state index contributed by atoms with van der Waals surface area (Å²) in [6.45, 7) is 3.97. The van der Waals surface area contributed by atoms with E-state index in [4.69, 9.17) is 10.5 Å². The van der Waals surface area contributed by atoms with Crippen molar-refractivity contribution in [3.8, 4) is 0 Å². The van der Waals surface area contributed by atoms with E-state index in [2.05, 4.69) is 20.0 Å². The van der Waals surface area contributed by atoms with Crippen molar-refractivity contribution < 1.29 is 13.9 Å². The van der Waals surface area contributed by atoms with Crippen LogP contribution in [0.25, 0.3) is 0 Å². The van der Waals surface area contributed by atoms with Gasteiger partial charge in [-0.05, 0) is 43.9 Å². The molecule has 7 nitrogen and oxygen atoms in total. The van der Waals surface area contributed by atoms with Gasteiger partial charge in [0.2, 0.25) is 0 Å². The molecule has 0 saturated heterocycles. The van der Waals surface area contributed by atoms with E-state index in [1.165, 1.54) is 12.3 Å². The second-order valence-electron chi connectivity index (χ2n) is 6.77. The molecule has 0 radical (unpaired) electrons. The molecule has 1 atom stereocenters. The second kappa shape index (κ2) is 10.4. The summed E-state index contributed by atoms with van der Waals surface area (Å²) in [5.74, 6) is -0.902. The molecule has 0 fully saturated rings. The van der Waals surface area contributed by atoms with Crippen molar-refractivity contribution in [3.63, 3.8) is 0 Å². The molecule has 2 aromatic rings. The molecule has 0 aliphatic heterocycles. The van der Waals surface area contributed by atoms with Crippen LogP contribution in [-0.4, -0.2) is 34.2 Å². The zero-order valence-electron chi connectivity index (χ0n) is 17.5. The third-order valence-corrected chi connectivity index (χ3v) is 4.76. The van der Waals surface area contributed by atoms with Gasteiger partial charge in [0.25, 0.3) is 0 Å². The SMILES string of the molecule is CCOC(=O)C1=C(C(=Nc2ccncc2F)N=C(N)c2ccccn2)C(CC)CC=C1. The number of rotatable bonds is 6. The maximum Gasteiger partial charge on any atom is 0.338 e. The van der Waals surface area contributed by atoms with Crippen LogP contribution in [-0.2, 0) is 9.53 Å². The summed E-state index contributed by atoms with van der Waals surface area (Å²) in [5.41, 5.74) is 7.60. The number of carbonyl (C=O) groups excluding carboxylic acids is 1. The maximum atomic E-state index is 14.3. The maximum absolute atomic E-state index is 14.3. The summed E-state index contributed by atoms with van der Waals surface area (Å²) >= 11 is 0. The van der Waals surface area contributed by atoms with E-state index in [-0.39, 0.29) is 29.9 Å². The van der Waals surface area contributed by atoms with Crippen molar-refractivity contribution in [2.75, 3.05) is 6.61 Å². The first kappa shape index (κ1) is 22.0. The first-order chi connectivity index (χ1) is 15.0. The van der Waals surface area contributed by atoms with E-state index < -0.39 is 11.8 Å². The molecule has 1 aliphatic rings. The molecule has 160 valence electrons. The second-order valence-corrected chi connectivity index (χ2v) is 6.77. The van der Waals surface area contributed by atoms with Gasteiger partial charge in [-0.25, -0.2) is 19.2 Å². The number of pyridine rings is 2. The van der Waals surface area contributed by atoms with Gasteiger partial charge in [0.1, 0.15) is 11.4 Å². The summed E-state index contributed by atoms with van der Waals surface area (Å²) in [6.07, 6.45) is 9.12. The number of aromatic nitrogens is 2. The fourth-order valence-electron chi connectivity index (χ4n) is 3.24. The third-order valence-electron chi connectivity index (χ3n) is 4.76. The molecule has 31 heavy (non-hydrogen) atoms. The number of esters is 1. The predicted octanol–water partition coefficient (Wildman–Crippen LogP) is 3.90. The van der Waals surface area contributed by atoms with Crippen LogP contribution in [0.15, 0.2) is 76.1 Å². The van der Waals surface area contributed by atoms with Crippen LogP contribution >= 0.6 is 0 Å². The monoisotopic (exact) mass is 421 g/mol. The first-order valence-electron chi connectivity index (χ1n) is 10.1. The van der Waals surface area contributed by atoms with Gasteiger partial charge in [-0.2, -0.15) is 0 Å². The van der Waals surface area contributed by atoms with Gasteiger partial charge in [0, 0.05) is 18.0 Å². The van der Waals surface area contributed by atoms with Gasteiger partial charge in [0.05, 0.1) is 18.4 Å². The minimum absolute atomic E-state index is 0.0442. The molecule has 2 heterocycles. The average molecular weight is 421 g/mol. The van der Waals surface area contributed by atoms with E-state index in [0.717, 1.165) is 12.6 Å². The van der Waals surface area contributed by atoms with Crippen molar-refractivity contribution in [1.82, 2.24) is 9.97 Å². The molecule has 0 bridgehead atoms. The van der Waals surface area contributed by atoms with Gasteiger partial charge in [-0.1, -0.05) is 25.1 Å². The molecule has 2 aromatic heterocycles. The van der Waals surface area contributed by atoms with Crippen LogP contribution in [0.2, 0.25) is 0 Å². The molecule has 0 amide bonds. The standard InChI is InChI=1S/C23H24FN5O2/c1-3-15-8-7-9-16(23(30)31-4-2)20(15)22(28-18-11-13-26-14-17(18)24)29-21(25)19-10-5-6-12-27-19/h5-7,9-15H,3-4,8H2,1-2H3,(H2,25,26,28,29). The van der Waals surface area contributed by atoms with Gasteiger partial charge in [-0.3, -0.25) is 9.97 Å². The largest absolute Gasteiger partial charge is 0.462 e. The van der Waals surface area contributed by atoms with E-state index in [9.17, 15) is 9.18 Å². The molecule has 3 rings (SSSR count). The summed E-state index contributed by atoms with van der Waals surface area (Å²) < 4.78 is 19.6. The van der Waals surface area contributed by atoms with Crippen LogP contribution in [0.1, 0.15) is 32.4 Å². The minimum atomic E-state index is -0.607. The number of hydrogen-bond acceptors (Lipinski definition) is 5. The Morgan fingerprint density at radius 2 is 2.13 bits per heavy atom. The number of nitrogens with zero attached hydrogens (tertiary/aromatic N) is 4. The lowest BCUT2D eigenvalue weighted by atomic mass is 9.84. The zero-order valence-corrected chi connectivity index (χ0v) is 17.5. The Morgan fingerprint density at radius 1 is 1.29 bits per heavy atom. The Bertz CT molecular complexity index is 1060. The summed E-state index contributed by atoms with van der Waals surface area (Å²) in [5, 5.41) is 0. The quantitative estimate of drug-likeness (QED) is 0.433. The van der Waals surface area contributed by atoms with Crippen LogP contribution in [0, 0.1) is 11.7 Å². The topological polar surface area (TPSA) is 103 Å². The van der Waals surface area contributed by atoms with Gasteiger partial charge < -0.3 is 10.5 Å². The molecule has 1 unspecified atom stereocenters. The number of carbonyl (C=O) groups is 1. The van der Waals surface area contributed by atoms with Crippen molar-refractivity contribution in [3.05, 3.63) is 77.7 Å². The van der Waals surface area contributed by atoms with Crippen LogP contribution in [0.3, 0.4) is 0 Å². The Kier molecular flexibility index (Phi) is 7.37.